The van der Waals surface area contributed by atoms with E-state index in [9.17, 15) is 13.2 Å². The topological polar surface area (TPSA) is 113 Å². The van der Waals surface area contributed by atoms with Gasteiger partial charge in [-0.05, 0) is 27.2 Å². The Hall–Kier alpha value is -0.860. The molecule has 0 aromatic heterocycles. The highest BCUT2D eigenvalue weighted by Gasteiger charge is 2.15. The van der Waals surface area contributed by atoms with Gasteiger partial charge in [-0.15, -0.1) is 0 Å². The Morgan fingerprint density at radius 1 is 1.35 bits per heavy atom. The quantitative estimate of drug-likeness (QED) is 0.506. The summed E-state index contributed by atoms with van der Waals surface area (Å²) in [6, 6.07) is 0. The molecule has 0 saturated carbocycles. The van der Waals surface area contributed by atoms with Crippen LogP contribution in [0.3, 0.4) is 0 Å². The van der Waals surface area contributed by atoms with Crippen LogP contribution in [-0.4, -0.2) is 49.2 Å². The van der Waals surface area contributed by atoms with E-state index in [-0.39, 0.29) is 6.61 Å². The number of hydrogen-bond donors (Lipinski definition) is 3. The van der Waals surface area contributed by atoms with Crippen LogP contribution in [0.4, 0.5) is 4.79 Å². The molecule has 0 bridgehead atoms. The number of aliphatic hydroxyl groups is 1. The van der Waals surface area contributed by atoms with E-state index in [4.69, 9.17) is 14.4 Å². The lowest BCUT2D eigenvalue weighted by Gasteiger charge is -2.19. The molecule has 17 heavy (non-hydrogen) atoms. The Labute approximate surface area is 102 Å². The Morgan fingerprint density at radius 2 is 1.76 bits per heavy atom. The zero-order valence-electron chi connectivity index (χ0n) is 10.6. The molecular weight excluding hydrogens is 250 g/mol. The Balaban J connectivity index is 0. The lowest BCUT2D eigenvalue weighted by atomic mass is 10.2. The van der Waals surface area contributed by atoms with Gasteiger partial charge in [0.25, 0.3) is 10.1 Å². The van der Waals surface area contributed by atoms with Crippen molar-refractivity contribution in [3.8, 4) is 0 Å². The Bertz CT molecular complexity index is 298. The highest BCUT2D eigenvalue weighted by molar-refractivity contribution is 7.85. The SMILES string of the molecule is CC(C)(C)OC(=O)NCCCO.CS(=O)(=O)O. The van der Waals surface area contributed by atoms with Crippen LogP contribution >= 0.6 is 0 Å². The lowest BCUT2D eigenvalue weighted by molar-refractivity contribution is 0.0525. The van der Waals surface area contributed by atoms with Gasteiger partial charge < -0.3 is 15.2 Å². The first-order valence-corrected chi connectivity index (χ1v) is 6.80. The van der Waals surface area contributed by atoms with Crippen LogP contribution in [0.5, 0.6) is 0 Å². The molecule has 0 aromatic rings. The summed E-state index contributed by atoms with van der Waals surface area (Å²) < 4.78 is 30.8. The lowest BCUT2D eigenvalue weighted by Crippen LogP contribution is -2.33. The molecular formula is C9H21NO6S. The fourth-order valence-corrected chi connectivity index (χ4v) is 0.584. The zero-order valence-corrected chi connectivity index (χ0v) is 11.4. The van der Waals surface area contributed by atoms with Crippen molar-refractivity contribution in [3.63, 3.8) is 0 Å². The van der Waals surface area contributed by atoms with Crippen LogP contribution in [0.2, 0.25) is 0 Å². The van der Waals surface area contributed by atoms with Crippen molar-refractivity contribution in [2.45, 2.75) is 32.8 Å². The van der Waals surface area contributed by atoms with Crippen molar-refractivity contribution in [2.24, 2.45) is 0 Å². The van der Waals surface area contributed by atoms with E-state index in [2.05, 4.69) is 5.32 Å². The average molecular weight is 271 g/mol. The molecule has 7 nitrogen and oxygen atoms in total. The largest absolute Gasteiger partial charge is 0.444 e. The fourth-order valence-electron chi connectivity index (χ4n) is 0.584. The molecule has 3 N–H and O–H groups in total. The van der Waals surface area contributed by atoms with E-state index in [0.717, 1.165) is 0 Å². The highest BCUT2D eigenvalue weighted by atomic mass is 32.2. The smallest absolute Gasteiger partial charge is 0.407 e. The van der Waals surface area contributed by atoms with E-state index in [0.29, 0.717) is 19.2 Å². The zero-order chi connectivity index (χ0) is 14.1. The number of carbonyl (C=O) groups is 1. The summed E-state index contributed by atoms with van der Waals surface area (Å²) in [6.07, 6.45) is 0.836. The van der Waals surface area contributed by atoms with Crippen molar-refractivity contribution < 1.29 is 27.6 Å². The van der Waals surface area contributed by atoms with Crippen molar-refractivity contribution in [1.29, 1.82) is 0 Å². The minimum Gasteiger partial charge on any atom is -0.444 e. The fraction of sp³-hybridized carbons (Fsp3) is 0.889. The van der Waals surface area contributed by atoms with Gasteiger partial charge in [-0.3, -0.25) is 4.55 Å². The third-order valence-electron chi connectivity index (χ3n) is 1.00. The van der Waals surface area contributed by atoms with E-state index in [1.54, 1.807) is 20.8 Å². The second-order valence-electron chi connectivity index (χ2n) is 4.24. The maximum atomic E-state index is 10.9. The summed E-state index contributed by atoms with van der Waals surface area (Å²) in [5.41, 5.74) is -0.455. The summed E-state index contributed by atoms with van der Waals surface area (Å²) in [5.74, 6) is 0. The standard InChI is InChI=1S/C8H17NO3.CH4O3S/c1-8(2,3)12-7(11)9-5-4-6-10;1-5(2,3)4/h10H,4-6H2,1-3H3,(H,9,11);1H3,(H,2,3,4). The van der Waals surface area contributed by atoms with E-state index in [1.165, 1.54) is 0 Å². The number of alkyl carbamates (subject to hydrolysis) is 1. The van der Waals surface area contributed by atoms with Gasteiger partial charge in [-0.25, -0.2) is 4.79 Å². The Kier molecular flexibility index (Phi) is 8.99. The van der Waals surface area contributed by atoms with Crippen LogP contribution in [0, 0.1) is 0 Å². The third kappa shape index (κ3) is 31.3. The van der Waals surface area contributed by atoms with Gasteiger partial charge in [-0.1, -0.05) is 0 Å². The molecule has 8 heteroatoms. The molecule has 104 valence electrons. The number of carbonyl (C=O) groups excluding carboxylic acids is 1. The maximum Gasteiger partial charge on any atom is 0.407 e. The summed E-state index contributed by atoms with van der Waals surface area (Å²) >= 11 is 0. The first-order chi connectivity index (χ1) is 7.45. The van der Waals surface area contributed by atoms with Gasteiger partial charge in [0, 0.05) is 13.2 Å². The van der Waals surface area contributed by atoms with Gasteiger partial charge >= 0.3 is 6.09 Å². The van der Waals surface area contributed by atoms with Crippen molar-refractivity contribution >= 4 is 16.2 Å². The van der Waals surface area contributed by atoms with Crippen molar-refractivity contribution in [3.05, 3.63) is 0 Å². The van der Waals surface area contributed by atoms with Gasteiger partial charge in [0.15, 0.2) is 0 Å². The minimum absolute atomic E-state index is 0.0792. The molecule has 0 rings (SSSR count). The molecule has 0 aromatic carbocycles. The number of amides is 1. The molecule has 0 fully saturated rings. The summed E-state index contributed by atoms with van der Waals surface area (Å²) in [4.78, 5) is 10.9. The van der Waals surface area contributed by atoms with Gasteiger partial charge in [-0.2, -0.15) is 8.42 Å². The van der Waals surface area contributed by atoms with Crippen LogP contribution in [0.1, 0.15) is 27.2 Å². The van der Waals surface area contributed by atoms with E-state index in [1.807, 2.05) is 0 Å². The van der Waals surface area contributed by atoms with Crippen LogP contribution in [0.15, 0.2) is 0 Å². The predicted octanol–water partition coefficient (Wildman–Crippen LogP) is 0.398. The van der Waals surface area contributed by atoms with Gasteiger partial charge in [0.1, 0.15) is 5.60 Å². The van der Waals surface area contributed by atoms with Gasteiger partial charge in [0.2, 0.25) is 0 Å². The highest BCUT2D eigenvalue weighted by Crippen LogP contribution is 2.05. The predicted molar refractivity (Wildman–Crippen MR) is 63.4 cm³/mol. The third-order valence-corrected chi connectivity index (χ3v) is 1.00. The monoisotopic (exact) mass is 271 g/mol. The summed E-state index contributed by atoms with van der Waals surface area (Å²) in [6.45, 7) is 5.94. The number of rotatable bonds is 3. The number of hydrogen-bond acceptors (Lipinski definition) is 5. The van der Waals surface area contributed by atoms with Crippen LogP contribution < -0.4 is 5.32 Å². The normalized spacial score (nSPS) is 11.2. The minimum atomic E-state index is -3.67. The maximum absolute atomic E-state index is 10.9. The molecule has 0 saturated heterocycles. The molecule has 1 amide bonds. The number of aliphatic hydroxyl groups excluding tert-OH is 1. The van der Waals surface area contributed by atoms with Crippen LogP contribution in [0.25, 0.3) is 0 Å². The summed E-state index contributed by atoms with van der Waals surface area (Å²) in [7, 11) is -3.67. The first kappa shape index (κ1) is 18.5. The molecule has 0 aliphatic rings. The molecule has 0 aliphatic heterocycles. The molecule has 0 atom stereocenters. The first-order valence-electron chi connectivity index (χ1n) is 4.96. The molecule has 0 unspecified atom stereocenters. The van der Waals surface area contributed by atoms with Crippen LogP contribution in [-0.2, 0) is 14.9 Å². The van der Waals surface area contributed by atoms with Gasteiger partial charge in [0.05, 0.1) is 6.26 Å². The summed E-state index contributed by atoms with van der Waals surface area (Å²) in [5, 5.41) is 10.9. The Morgan fingerprint density at radius 3 is 2.06 bits per heavy atom. The van der Waals surface area contributed by atoms with E-state index >= 15 is 0 Å². The van der Waals surface area contributed by atoms with E-state index < -0.39 is 21.8 Å². The van der Waals surface area contributed by atoms with Crippen molar-refractivity contribution in [2.75, 3.05) is 19.4 Å². The molecule has 0 aliphatic carbocycles. The van der Waals surface area contributed by atoms with Crippen molar-refractivity contribution in [1.82, 2.24) is 5.32 Å². The second kappa shape index (κ2) is 8.26. The molecule has 0 spiro atoms. The second-order valence-corrected chi connectivity index (χ2v) is 5.70. The number of ether oxygens (including phenoxy) is 1. The average Bonchev–Trinajstić information content (AvgIpc) is 1.97. The molecule has 0 heterocycles. The number of nitrogens with one attached hydrogen (secondary N) is 1. The molecule has 0 radical (unpaired) electrons.